The number of methoxy groups -OCH3 is 1. The molecule has 5 aromatic rings. The van der Waals surface area contributed by atoms with Gasteiger partial charge in [0.1, 0.15) is 10.6 Å². The Labute approximate surface area is 205 Å². The summed E-state index contributed by atoms with van der Waals surface area (Å²) in [5, 5.41) is 4.53. The number of anilines is 1. The Morgan fingerprint density at radius 2 is 1.91 bits per heavy atom. The van der Waals surface area contributed by atoms with Crippen molar-refractivity contribution in [3.05, 3.63) is 60.8 Å². The van der Waals surface area contributed by atoms with Crippen molar-refractivity contribution in [2.45, 2.75) is 25.3 Å². The van der Waals surface area contributed by atoms with Crippen LogP contribution in [-0.4, -0.2) is 37.7 Å². The lowest BCUT2D eigenvalue weighted by Crippen LogP contribution is -2.27. The summed E-state index contributed by atoms with van der Waals surface area (Å²) >= 11 is 1.44. The number of hydrogen-bond acceptors (Lipinski definition) is 7. The van der Waals surface area contributed by atoms with E-state index in [1.54, 1.807) is 18.5 Å². The number of hydrogen-bond donors (Lipinski definition) is 1. The first-order valence-electron chi connectivity index (χ1n) is 11.5. The van der Waals surface area contributed by atoms with Crippen LogP contribution in [0.5, 0.6) is 5.88 Å². The molecule has 4 heterocycles. The predicted octanol–water partition coefficient (Wildman–Crippen LogP) is 5.93. The first-order valence-corrected chi connectivity index (χ1v) is 12.3. The highest BCUT2D eigenvalue weighted by Gasteiger charge is 2.27. The molecule has 176 valence electrons. The second-order valence-electron chi connectivity index (χ2n) is 8.56. The van der Waals surface area contributed by atoms with Gasteiger partial charge in [0, 0.05) is 47.7 Å². The van der Waals surface area contributed by atoms with Crippen LogP contribution in [0.15, 0.2) is 55.0 Å². The highest BCUT2D eigenvalue weighted by molar-refractivity contribution is 7.22. The third kappa shape index (κ3) is 3.72. The summed E-state index contributed by atoms with van der Waals surface area (Å²) in [7, 11) is 3.34. The van der Waals surface area contributed by atoms with Crippen molar-refractivity contribution < 1.29 is 9.13 Å². The van der Waals surface area contributed by atoms with Gasteiger partial charge in [-0.3, -0.25) is 0 Å². The Bertz CT molecular complexity index is 1530. The number of ether oxygens (including phenoxy) is 1. The number of thiophene rings is 1. The number of rotatable bonds is 6. The lowest BCUT2D eigenvalue weighted by molar-refractivity contribution is 0.370. The van der Waals surface area contributed by atoms with E-state index in [1.165, 1.54) is 24.9 Å². The second kappa shape index (κ2) is 8.74. The molecule has 1 N–H and O–H groups in total. The van der Waals surface area contributed by atoms with Crippen molar-refractivity contribution in [3.63, 3.8) is 0 Å². The SMILES string of the molecule is COc1nccc(-c2sc3nc(-c4nccn4C)nc(NC4CCC4)c3c2-c2ccccc2)c1F. The van der Waals surface area contributed by atoms with Gasteiger partial charge in [0.25, 0.3) is 5.88 Å². The van der Waals surface area contributed by atoms with Crippen LogP contribution < -0.4 is 10.1 Å². The van der Waals surface area contributed by atoms with E-state index in [0.717, 1.165) is 44.9 Å². The molecule has 7 nitrogen and oxygen atoms in total. The topological polar surface area (TPSA) is 77.8 Å². The van der Waals surface area contributed by atoms with E-state index in [-0.39, 0.29) is 5.88 Å². The molecule has 1 aromatic carbocycles. The van der Waals surface area contributed by atoms with E-state index in [1.807, 2.05) is 48.1 Å². The minimum atomic E-state index is -0.496. The van der Waals surface area contributed by atoms with E-state index < -0.39 is 5.82 Å². The van der Waals surface area contributed by atoms with Crippen LogP contribution in [-0.2, 0) is 7.05 Å². The van der Waals surface area contributed by atoms with Crippen LogP contribution in [0.1, 0.15) is 19.3 Å². The zero-order valence-corrected chi connectivity index (χ0v) is 20.1. The molecule has 0 radical (unpaired) electrons. The Balaban J connectivity index is 1.67. The summed E-state index contributed by atoms with van der Waals surface area (Å²) in [4.78, 5) is 19.9. The van der Waals surface area contributed by atoms with Gasteiger partial charge < -0.3 is 14.6 Å². The molecule has 0 saturated heterocycles. The summed E-state index contributed by atoms with van der Waals surface area (Å²) in [6.07, 6.45) is 8.55. The van der Waals surface area contributed by atoms with Crippen molar-refractivity contribution >= 4 is 27.4 Å². The number of aromatic nitrogens is 5. The minimum absolute atomic E-state index is 0.0356. The van der Waals surface area contributed by atoms with Crippen LogP contribution in [0.25, 0.3) is 43.4 Å². The quantitative estimate of drug-likeness (QED) is 0.320. The van der Waals surface area contributed by atoms with E-state index in [0.29, 0.717) is 23.3 Å². The molecular weight excluding hydrogens is 463 g/mol. The highest BCUT2D eigenvalue weighted by atomic mass is 32.1. The largest absolute Gasteiger partial charge is 0.479 e. The van der Waals surface area contributed by atoms with Gasteiger partial charge in [0.2, 0.25) is 0 Å². The lowest BCUT2D eigenvalue weighted by Gasteiger charge is -2.27. The van der Waals surface area contributed by atoms with Crippen molar-refractivity contribution in [2.75, 3.05) is 12.4 Å². The Kier molecular flexibility index (Phi) is 5.41. The van der Waals surface area contributed by atoms with Crippen LogP contribution in [0.3, 0.4) is 0 Å². The van der Waals surface area contributed by atoms with Crippen LogP contribution in [0.4, 0.5) is 10.2 Å². The fraction of sp³-hybridized carbons (Fsp3) is 0.231. The monoisotopic (exact) mass is 486 g/mol. The normalized spacial score (nSPS) is 13.7. The summed E-state index contributed by atoms with van der Waals surface area (Å²) in [6, 6.07) is 12.0. The summed E-state index contributed by atoms with van der Waals surface area (Å²) in [5.41, 5.74) is 2.28. The van der Waals surface area contributed by atoms with E-state index >= 15 is 4.39 Å². The molecule has 6 rings (SSSR count). The van der Waals surface area contributed by atoms with Crippen molar-refractivity contribution in [1.82, 2.24) is 24.5 Å². The number of aryl methyl sites for hydroxylation is 1. The maximum Gasteiger partial charge on any atom is 0.250 e. The molecule has 4 aromatic heterocycles. The molecule has 0 spiro atoms. The van der Waals surface area contributed by atoms with Gasteiger partial charge >= 0.3 is 0 Å². The Hall–Kier alpha value is -3.85. The van der Waals surface area contributed by atoms with E-state index in [9.17, 15) is 0 Å². The number of nitrogens with zero attached hydrogens (tertiary/aromatic N) is 5. The highest BCUT2D eigenvalue weighted by Crippen LogP contribution is 2.48. The molecule has 0 amide bonds. The molecule has 9 heteroatoms. The van der Waals surface area contributed by atoms with Gasteiger partial charge in [0.15, 0.2) is 17.5 Å². The van der Waals surface area contributed by atoms with E-state index in [2.05, 4.69) is 15.3 Å². The lowest BCUT2D eigenvalue weighted by atomic mass is 9.93. The van der Waals surface area contributed by atoms with Gasteiger partial charge in [-0.2, -0.15) is 0 Å². The first-order chi connectivity index (χ1) is 17.1. The molecule has 1 saturated carbocycles. The Morgan fingerprint density at radius 3 is 2.60 bits per heavy atom. The van der Waals surface area contributed by atoms with Crippen molar-refractivity contribution in [1.29, 1.82) is 0 Å². The second-order valence-corrected chi connectivity index (χ2v) is 9.56. The fourth-order valence-corrected chi connectivity index (χ4v) is 5.56. The number of nitrogens with one attached hydrogen (secondary N) is 1. The van der Waals surface area contributed by atoms with Gasteiger partial charge in [0.05, 0.1) is 12.5 Å². The number of halogens is 1. The maximum absolute atomic E-state index is 15.5. The van der Waals surface area contributed by atoms with Crippen LogP contribution >= 0.6 is 11.3 Å². The molecule has 0 bridgehead atoms. The maximum atomic E-state index is 15.5. The van der Waals surface area contributed by atoms with Gasteiger partial charge in [-0.05, 0) is 30.9 Å². The number of imidazole rings is 1. The standard InChI is InChI=1S/C26H23FN6OS/c1-33-14-13-28-24(33)23-31-22(30-16-9-6-10-16)19-18(15-7-4-3-5-8-15)21(35-26(19)32-23)17-11-12-29-25(34-2)20(17)27/h3-5,7-8,11-14,16H,6,9-10H2,1-2H3,(H,30,31,32). The average Bonchev–Trinajstić information content (AvgIpc) is 3.45. The zero-order valence-electron chi connectivity index (χ0n) is 19.3. The number of pyridine rings is 1. The van der Waals surface area contributed by atoms with E-state index in [4.69, 9.17) is 14.7 Å². The minimum Gasteiger partial charge on any atom is -0.479 e. The van der Waals surface area contributed by atoms with Crippen molar-refractivity contribution in [3.8, 4) is 39.1 Å². The van der Waals surface area contributed by atoms with Gasteiger partial charge in [-0.15, -0.1) is 11.3 Å². The fourth-order valence-electron chi connectivity index (χ4n) is 4.34. The van der Waals surface area contributed by atoms with Gasteiger partial charge in [-0.25, -0.2) is 24.3 Å². The molecule has 0 unspecified atom stereocenters. The summed E-state index contributed by atoms with van der Waals surface area (Å²) in [5.74, 6) is 1.43. The number of fused-ring (bicyclic) bond motifs is 1. The van der Waals surface area contributed by atoms with Gasteiger partial charge in [-0.1, -0.05) is 30.3 Å². The third-order valence-corrected chi connectivity index (χ3v) is 7.49. The molecule has 1 aliphatic carbocycles. The molecule has 35 heavy (non-hydrogen) atoms. The summed E-state index contributed by atoms with van der Waals surface area (Å²) in [6.45, 7) is 0. The molecule has 1 fully saturated rings. The smallest absolute Gasteiger partial charge is 0.250 e. The Morgan fingerprint density at radius 1 is 1.09 bits per heavy atom. The third-order valence-electron chi connectivity index (χ3n) is 6.38. The first kappa shape index (κ1) is 21.7. The zero-order chi connectivity index (χ0) is 23.9. The summed E-state index contributed by atoms with van der Waals surface area (Å²) < 4.78 is 22.5. The molecule has 1 aliphatic rings. The van der Waals surface area contributed by atoms with Crippen LogP contribution in [0, 0.1) is 5.82 Å². The molecule has 0 atom stereocenters. The van der Waals surface area contributed by atoms with Crippen LogP contribution in [0.2, 0.25) is 0 Å². The molecular formula is C26H23FN6OS. The average molecular weight is 487 g/mol. The number of benzene rings is 1. The predicted molar refractivity (Wildman–Crippen MR) is 136 cm³/mol. The van der Waals surface area contributed by atoms with Crippen molar-refractivity contribution in [2.24, 2.45) is 7.05 Å². The molecule has 0 aliphatic heterocycles.